The molecule has 2 aromatic rings. The third kappa shape index (κ3) is 2.11. The summed E-state index contributed by atoms with van der Waals surface area (Å²) in [4.78, 5) is 8.06. The second-order valence-corrected chi connectivity index (χ2v) is 4.34. The molecule has 2 heterocycles. The number of hydrogen-bond donors (Lipinski definition) is 0. The largest absolute Gasteiger partial charge is 0.490 e. The van der Waals surface area contributed by atoms with Crippen LogP contribution < -0.4 is 9.47 Å². The van der Waals surface area contributed by atoms with E-state index in [1.54, 1.807) is 6.20 Å². The maximum Gasteiger partial charge on any atom is 0.161 e. The number of ether oxygens (including phenoxy) is 2. The van der Waals surface area contributed by atoms with Crippen molar-refractivity contribution in [1.82, 2.24) is 9.97 Å². The Hall–Kier alpha value is -1.81. The quantitative estimate of drug-likeness (QED) is 0.793. The van der Waals surface area contributed by atoms with Gasteiger partial charge in [0, 0.05) is 18.2 Å². The van der Waals surface area contributed by atoms with Gasteiger partial charge in [-0.15, -0.1) is 0 Å². The summed E-state index contributed by atoms with van der Waals surface area (Å²) in [5.74, 6) is 1.50. The van der Waals surface area contributed by atoms with Gasteiger partial charge in [0.25, 0.3) is 0 Å². The predicted molar refractivity (Wildman–Crippen MR) is 68.1 cm³/mol. The molecule has 4 nitrogen and oxygen atoms in total. The minimum Gasteiger partial charge on any atom is -0.490 e. The Morgan fingerprint density at radius 2 is 1.94 bits per heavy atom. The van der Waals surface area contributed by atoms with Crippen LogP contribution in [0.2, 0.25) is 5.02 Å². The molecule has 0 fully saturated rings. The van der Waals surface area contributed by atoms with Crippen LogP contribution in [-0.4, -0.2) is 23.2 Å². The van der Waals surface area contributed by atoms with Gasteiger partial charge in [0.2, 0.25) is 0 Å². The summed E-state index contributed by atoms with van der Waals surface area (Å²) in [6.45, 7) is 1.34. The second-order valence-electron chi connectivity index (χ2n) is 3.93. The van der Waals surface area contributed by atoms with Gasteiger partial charge in [0.05, 0.1) is 23.9 Å². The first-order valence-corrected chi connectivity index (χ1v) is 6.08. The summed E-state index contributed by atoms with van der Waals surface area (Å²) in [6.07, 6.45) is 3.94. The Morgan fingerprint density at radius 1 is 1.11 bits per heavy atom. The molecule has 0 saturated carbocycles. The molecule has 0 N–H and O–H groups in total. The van der Waals surface area contributed by atoms with Crippen LogP contribution in [0.1, 0.15) is 6.42 Å². The predicted octanol–water partition coefficient (Wildman–Crippen LogP) is 2.96. The van der Waals surface area contributed by atoms with Gasteiger partial charge in [-0.2, -0.15) is 0 Å². The number of nitrogens with zero attached hydrogens (tertiary/aromatic N) is 2. The van der Waals surface area contributed by atoms with Crippen molar-refractivity contribution >= 4 is 11.6 Å². The first-order valence-electron chi connectivity index (χ1n) is 5.70. The molecule has 0 spiro atoms. The first kappa shape index (κ1) is 11.3. The van der Waals surface area contributed by atoms with Crippen LogP contribution in [0, 0.1) is 0 Å². The van der Waals surface area contributed by atoms with Crippen molar-refractivity contribution in [2.45, 2.75) is 6.42 Å². The maximum atomic E-state index is 6.08. The molecule has 1 aliphatic rings. The number of benzene rings is 1. The van der Waals surface area contributed by atoms with Crippen molar-refractivity contribution in [1.29, 1.82) is 0 Å². The van der Waals surface area contributed by atoms with Crippen LogP contribution in [0.4, 0.5) is 0 Å². The number of fused-ring (bicyclic) bond motifs is 1. The molecule has 0 aliphatic carbocycles. The molecule has 3 rings (SSSR count). The topological polar surface area (TPSA) is 44.2 Å². The summed E-state index contributed by atoms with van der Waals surface area (Å²) in [6, 6.07) is 5.70. The lowest BCUT2D eigenvalue weighted by Crippen LogP contribution is -1.97. The highest BCUT2D eigenvalue weighted by molar-refractivity contribution is 6.32. The number of aromatic nitrogens is 2. The number of hydrogen-bond acceptors (Lipinski definition) is 4. The molecule has 0 amide bonds. The van der Waals surface area contributed by atoms with Crippen LogP contribution in [0.5, 0.6) is 11.5 Å². The van der Waals surface area contributed by atoms with E-state index in [9.17, 15) is 0 Å². The van der Waals surface area contributed by atoms with Gasteiger partial charge in [-0.05, 0) is 18.2 Å². The lowest BCUT2D eigenvalue weighted by Gasteiger charge is -2.09. The molecule has 0 bridgehead atoms. The van der Waals surface area contributed by atoms with Gasteiger partial charge in [-0.1, -0.05) is 11.6 Å². The average molecular weight is 263 g/mol. The highest BCUT2D eigenvalue weighted by Gasteiger charge is 2.13. The number of rotatable bonds is 1. The fraction of sp³-hybridized carbons (Fsp3) is 0.231. The summed E-state index contributed by atoms with van der Waals surface area (Å²) >= 11 is 6.08. The number of halogens is 1. The minimum absolute atomic E-state index is 0.520. The summed E-state index contributed by atoms with van der Waals surface area (Å²) in [5, 5.41) is 0.520. The van der Waals surface area contributed by atoms with E-state index in [1.165, 1.54) is 6.33 Å². The van der Waals surface area contributed by atoms with Crippen molar-refractivity contribution in [2.75, 3.05) is 13.2 Å². The minimum atomic E-state index is 0.520. The smallest absolute Gasteiger partial charge is 0.161 e. The molecule has 0 radical (unpaired) electrons. The summed E-state index contributed by atoms with van der Waals surface area (Å²) in [5.41, 5.74) is 1.59. The van der Waals surface area contributed by atoms with Gasteiger partial charge >= 0.3 is 0 Å². The standard InChI is InChI=1S/C13H11ClN2O2/c14-10-7-15-8-16-13(10)9-2-3-11-12(6-9)18-5-1-4-17-11/h2-3,6-8H,1,4-5H2. The van der Waals surface area contributed by atoms with Gasteiger partial charge < -0.3 is 9.47 Å². The van der Waals surface area contributed by atoms with Crippen LogP contribution in [0.3, 0.4) is 0 Å². The van der Waals surface area contributed by atoms with E-state index >= 15 is 0 Å². The average Bonchev–Trinajstić information content (AvgIpc) is 2.63. The van der Waals surface area contributed by atoms with Crippen molar-refractivity contribution in [2.24, 2.45) is 0 Å². The third-order valence-electron chi connectivity index (χ3n) is 2.69. The highest BCUT2D eigenvalue weighted by Crippen LogP contribution is 2.35. The van der Waals surface area contributed by atoms with Crippen LogP contribution in [0.25, 0.3) is 11.3 Å². The van der Waals surface area contributed by atoms with E-state index in [0.29, 0.717) is 23.9 Å². The molecule has 0 atom stereocenters. The molecule has 0 unspecified atom stereocenters. The monoisotopic (exact) mass is 262 g/mol. The lowest BCUT2D eigenvalue weighted by molar-refractivity contribution is 0.297. The van der Waals surface area contributed by atoms with Gasteiger partial charge in [0.15, 0.2) is 11.5 Å². The Morgan fingerprint density at radius 3 is 2.78 bits per heavy atom. The van der Waals surface area contributed by atoms with Crippen LogP contribution >= 0.6 is 11.6 Å². The highest BCUT2D eigenvalue weighted by atomic mass is 35.5. The maximum absolute atomic E-state index is 6.08. The molecule has 92 valence electrons. The van der Waals surface area contributed by atoms with Crippen LogP contribution in [-0.2, 0) is 0 Å². The summed E-state index contributed by atoms with van der Waals surface area (Å²) < 4.78 is 11.2. The Balaban J connectivity index is 2.04. The molecular weight excluding hydrogens is 252 g/mol. The Labute approximate surface area is 110 Å². The SMILES string of the molecule is Clc1cncnc1-c1ccc2c(c1)OCCCO2. The first-order chi connectivity index (χ1) is 8.84. The fourth-order valence-corrected chi connectivity index (χ4v) is 2.05. The van der Waals surface area contributed by atoms with Crippen molar-refractivity contribution in [3.05, 3.63) is 35.7 Å². The van der Waals surface area contributed by atoms with E-state index in [1.807, 2.05) is 18.2 Å². The molecule has 1 aliphatic heterocycles. The van der Waals surface area contributed by atoms with Gasteiger partial charge in [-0.3, -0.25) is 0 Å². The molecule has 5 heteroatoms. The normalized spacial score (nSPS) is 14.1. The molecule has 0 saturated heterocycles. The zero-order chi connectivity index (χ0) is 12.4. The Bertz CT molecular complexity index is 575. The van der Waals surface area contributed by atoms with Crippen molar-refractivity contribution < 1.29 is 9.47 Å². The molecule has 1 aromatic heterocycles. The van der Waals surface area contributed by atoms with Crippen LogP contribution in [0.15, 0.2) is 30.7 Å². The van der Waals surface area contributed by atoms with E-state index in [-0.39, 0.29) is 0 Å². The van der Waals surface area contributed by atoms with Crippen molar-refractivity contribution in [3.8, 4) is 22.8 Å². The zero-order valence-electron chi connectivity index (χ0n) is 9.60. The Kier molecular flexibility index (Phi) is 3.02. The van der Waals surface area contributed by atoms with E-state index in [0.717, 1.165) is 23.5 Å². The van der Waals surface area contributed by atoms with E-state index in [4.69, 9.17) is 21.1 Å². The molecule has 1 aromatic carbocycles. The van der Waals surface area contributed by atoms with E-state index < -0.39 is 0 Å². The third-order valence-corrected chi connectivity index (χ3v) is 2.97. The van der Waals surface area contributed by atoms with E-state index in [2.05, 4.69) is 9.97 Å². The second kappa shape index (κ2) is 4.82. The fourth-order valence-electron chi connectivity index (χ4n) is 1.84. The lowest BCUT2D eigenvalue weighted by atomic mass is 10.1. The molecule has 18 heavy (non-hydrogen) atoms. The van der Waals surface area contributed by atoms with Gasteiger partial charge in [0.1, 0.15) is 6.33 Å². The van der Waals surface area contributed by atoms with Gasteiger partial charge in [-0.25, -0.2) is 9.97 Å². The van der Waals surface area contributed by atoms with Crippen molar-refractivity contribution in [3.63, 3.8) is 0 Å². The molecular formula is C13H11ClN2O2. The zero-order valence-corrected chi connectivity index (χ0v) is 10.4. The summed E-state index contributed by atoms with van der Waals surface area (Å²) in [7, 11) is 0.